The summed E-state index contributed by atoms with van der Waals surface area (Å²) in [5, 5.41) is 8.79. The average molecular weight is 238 g/mol. The molecule has 0 aliphatic heterocycles. The number of carbonyl (C=O) groups is 1. The molecule has 1 N–H and O–H groups in total. The molecule has 0 fully saturated rings. The Bertz CT molecular complexity index is 475. The molecule has 1 aromatic heterocycles. The molecular formula is C12H18N2O3. The lowest BCUT2D eigenvalue weighted by atomic mass is 10.1. The molecule has 0 saturated heterocycles. The second kappa shape index (κ2) is 5.12. The maximum absolute atomic E-state index is 11.9. The molecule has 0 atom stereocenters. The lowest BCUT2D eigenvalue weighted by Gasteiger charge is -2.15. The summed E-state index contributed by atoms with van der Waals surface area (Å²) in [5.41, 5.74) is 0.412. The first-order valence-electron chi connectivity index (χ1n) is 5.66. The molecule has 0 spiro atoms. The van der Waals surface area contributed by atoms with Gasteiger partial charge in [0.1, 0.15) is 12.4 Å². The van der Waals surface area contributed by atoms with Gasteiger partial charge in [-0.1, -0.05) is 27.7 Å². The van der Waals surface area contributed by atoms with E-state index in [4.69, 9.17) is 5.11 Å². The zero-order valence-electron chi connectivity index (χ0n) is 10.6. The van der Waals surface area contributed by atoms with Crippen LogP contribution in [0, 0.1) is 0 Å². The second-order valence-corrected chi connectivity index (χ2v) is 4.67. The highest BCUT2D eigenvalue weighted by molar-refractivity contribution is 5.66. The quantitative estimate of drug-likeness (QED) is 0.864. The third kappa shape index (κ3) is 3.15. The summed E-state index contributed by atoms with van der Waals surface area (Å²) >= 11 is 0. The van der Waals surface area contributed by atoms with Crippen molar-refractivity contribution >= 4 is 5.97 Å². The monoisotopic (exact) mass is 238 g/mol. The Labute approximate surface area is 100 Å². The minimum atomic E-state index is -1.03. The zero-order valence-corrected chi connectivity index (χ0v) is 10.6. The summed E-state index contributed by atoms with van der Waals surface area (Å²) in [7, 11) is 0. The van der Waals surface area contributed by atoms with E-state index in [2.05, 4.69) is 4.98 Å². The standard InChI is InChI=1S/C12H18N2O3/c1-7(2)9-5-10(15)14(6-11(16)17)12(13-9)8(3)4/h5,7-8H,6H2,1-4H3,(H,16,17). The number of hydrogen-bond acceptors (Lipinski definition) is 3. The molecule has 17 heavy (non-hydrogen) atoms. The highest BCUT2D eigenvalue weighted by Gasteiger charge is 2.15. The molecule has 0 saturated carbocycles. The van der Waals surface area contributed by atoms with E-state index in [-0.39, 0.29) is 23.9 Å². The molecule has 5 nitrogen and oxygen atoms in total. The number of rotatable bonds is 4. The van der Waals surface area contributed by atoms with Gasteiger partial charge >= 0.3 is 5.97 Å². The third-order valence-corrected chi connectivity index (χ3v) is 2.46. The van der Waals surface area contributed by atoms with Crippen LogP contribution >= 0.6 is 0 Å². The van der Waals surface area contributed by atoms with Gasteiger partial charge in [-0.05, 0) is 5.92 Å². The van der Waals surface area contributed by atoms with E-state index in [1.54, 1.807) is 0 Å². The van der Waals surface area contributed by atoms with Crippen LogP contribution in [-0.4, -0.2) is 20.6 Å². The number of hydrogen-bond donors (Lipinski definition) is 1. The highest BCUT2D eigenvalue weighted by atomic mass is 16.4. The normalized spacial score (nSPS) is 11.2. The zero-order chi connectivity index (χ0) is 13.2. The molecular weight excluding hydrogens is 220 g/mol. The largest absolute Gasteiger partial charge is 0.480 e. The second-order valence-electron chi connectivity index (χ2n) is 4.67. The van der Waals surface area contributed by atoms with Gasteiger partial charge in [0.25, 0.3) is 5.56 Å². The van der Waals surface area contributed by atoms with Crippen LogP contribution in [-0.2, 0) is 11.3 Å². The van der Waals surface area contributed by atoms with Gasteiger partial charge in [-0.3, -0.25) is 14.2 Å². The van der Waals surface area contributed by atoms with E-state index in [1.165, 1.54) is 10.6 Å². The topological polar surface area (TPSA) is 72.2 Å². The first kappa shape index (κ1) is 13.4. The third-order valence-electron chi connectivity index (χ3n) is 2.46. The molecule has 0 aliphatic rings. The van der Waals surface area contributed by atoms with E-state index in [0.717, 1.165) is 0 Å². The summed E-state index contributed by atoms with van der Waals surface area (Å²) in [6.07, 6.45) is 0. The summed E-state index contributed by atoms with van der Waals surface area (Å²) < 4.78 is 1.22. The lowest BCUT2D eigenvalue weighted by molar-refractivity contribution is -0.137. The Morgan fingerprint density at radius 1 is 1.35 bits per heavy atom. The molecule has 0 bridgehead atoms. The molecule has 1 aromatic rings. The highest BCUT2D eigenvalue weighted by Crippen LogP contribution is 2.15. The van der Waals surface area contributed by atoms with Crippen molar-refractivity contribution in [1.29, 1.82) is 0 Å². The summed E-state index contributed by atoms with van der Waals surface area (Å²) in [6, 6.07) is 1.42. The van der Waals surface area contributed by atoms with Crippen molar-refractivity contribution in [2.45, 2.75) is 46.1 Å². The van der Waals surface area contributed by atoms with E-state index < -0.39 is 5.97 Å². The summed E-state index contributed by atoms with van der Waals surface area (Å²) in [6.45, 7) is 7.35. The molecule has 94 valence electrons. The van der Waals surface area contributed by atoms with Crippen molar-refractivity contribution in [2.75, 3.05) is 0 Å². The Kier molecular flexibility index (Phi) is 4.04. The smallest absolute Gasteiger partial charge is 0.323 e. The SMILES string of the molecule is CC(C)c1cc(=O)n(CC(=O)O)c(C(C)C)n1. The molecule has 0 unspecified atom stereocenters. The number of aromatic nitrogens is 2. The Morgan fingerprint density at radius 2 is 1.94 bits per heavy atom. The predicted molar refractivity (Wildman–Crippen MR) is 64.3 cm³/mol. The minimum Gasteiger partial charge on any atom is -0.480 e. The fourth-order valence-electron chi connectivity index (χ4n) is 1.57. The first-order chi connectivity index (χ1) is 7.82. The van der Waals surface area contributed by atoms with E-state index in [0.29, 0.717) is 11.5 Å². The van der Waals surface area contributed by atoms with Crippen LogP contribution in [0.25, 0.3) is 0 Å². The minimum absolute atomic E-state index is 0.0146. The lowest BCUT2D eigenvalue weighted by Crippen LogP contribution is -2.29. The van der Waals surface area contributed by atoms with Crippen LogP contribution in [0.5, 0.6) is 0 Å². The maximum atomic E-state index is 11.9. The number of nitrogens with zero attached hydrogens (tertiary/aromatic N) is 2. The van der Waals surface area contributed by atoms with E-state index in [1.807, 2.05) is 27.7 Å². The summed E-state index contributed by atoms with van der Waals surface area (Å²) in [4.78, 5) is 27.0. The number of carboxylic acid groups (broad SMARTS) is 1. The van der Waals surface area contributed by atoms with Crippen molar-refractivity contribution < 1.29 is 9.90 Å². The van der Waals surface area contributed by atoms with Crippen molar-refractivity contribution in [2.24, 2.45) is 0 Å². The molecule has 0 amide bonds. The van der Waals surface area contributed by atoms with Gasteiger partial charge in [0.2, 0.25) is 0 Å². The first-order valence-corrected chi connectivity index (χ1v) is 5.66. The van der Waals surface area contributed by atoms with Crippen LogP contribution in [0.1, 0.15) is 51.0 Å². The van der Waals surface area contributed by atoms with Gasteiger partial charge in [0.15, 0.2) is 0 Å². The van der Waals surface area contributed by atoms with Gasteiger partial charge < -0.3 is 5.11 Å². The van der Waals surface area contributed by atoms with Crippen molar-refractivity contribution in [3.05, 3.63) is 27.9 Å². The van der Waals surface area contributed by atoms with E-state index in [9.17, 15) is 9.59 Å². The predicted octanol–water partition coefficient (Wildman–Crippen LogP) is 1.57. The molecule has 0 radical (unpaired) electrons. The van der Waals surface area contributed by atoms with Crippen molar-refractivity contribution in [3.8, 4) is 0 Å². The van der Waals surface area contributed by atoms with Gasteiger partial charge in [-0.25, -0.2) is 4.98 Å². The van der Waals surface area contributed by atoms with Crippen LogP contribution in [0.15, 0.2) is 10.9 Å². The number of carboxylic acids is 1. The molecule has 0 aromatic carbocycles. The fraction of sp³-hybridized carbons (Fsp3) is 0.583. The Hall–Kier alpha value is -1.65. The summed E-state index contributed by atoms with van der Waals surface area (Å²) in [5.74, 6) is -0.336. The average Bonchev–Trinajstić information content (AvgIpc) is 2.19. The molecule has 0 aliphatic carbocycles. The molecule has 1 rings (SSSR count). The molecule has 1 heterocycles. The fourth-order valence-corrected chi connectivity index (χ4v) is 1.57. The van der Waals surface area contributed by atoms with Gasteiger partial charge in [-0.2, -0.15) is 0 Å². The van der Waals surface area contributed by atoms with Crippen molar-refractivity contribution in [1.82, 2.24) is 9.55 Å². The van der Waals surface area contributed by atoms with Crippen LogP contribution in [0.2, 0.25) is 0 Å². The van der Waals surface area contributed by atoms with Crippen LogP contribution in [0.4, 0.5) is 0 Å². The van der Waals surface area contributed by atoms with Gasteiger partial charge in [0, 0.05) is 12.0 Å². The number of aliphatic carboxylic acids is 1. The molecule has 5 heteroatoms. The Morgan fingerprint density at radius 3 is 2.35 bits per heavy atom. The van der Waals surface area contributed by atoms with Crippen LogP contribution in [0.3, 0.4) is 0 Å². The van der Waals surface area contributed by atoms with E-state index >= 15 is 0 Å². The maximum Gasteiger partial charge on any atom is 0.323 e. The van der Waals surface area contributed by atoms with Gasteiger partial charge in [-0.15, -0.1) is 0 Å². The van der Waals surface area contributed by atoms with Gasteiger partial charge in [0.05, 0.1) is 5.69 Å². The van der Waals surface area contributed by atoms with Crippen LogP contribution < -0.4 is 5.56 Å². The van der Waals surface area contributed by atoms with Crippen molar-refractivity contribution in [3.63, 3.8) is 0 Å². The Balaban J connectivity index is 3.38.